The lowest BCUT2D eigenvalue weighted by atomic mass is 9.99. The van der Waals surface area contributed by atoms with Crippen molar-refractivity contribution in [2.45, 2.75) is 26.3 Å². The molecule has 0 aromatic heterocycles. The van der Waals surface area contributed by atoms with Crippen LogP contribution in [0.5, 0.6) is 0 Å². The van der Waals surface area contributed by atoms with Crippen LogP contribution in [0.15, 0.2) is 22.7 Å². The Morgan fingerprint density at radius 2 is 2.11 bits per heavy atom. The molecule has 1 aromatic carbocycles. The lowest BCUT2D eigenvalue weighted by molar-refractivity contribution is -0.140. The molecule has 0 radical (unpaired) electrons. The van der Waals surface area contributed by atoms with Crippen molar-refractivity contribution in [3.63, 3.8) is 0 Å². The van der Waals surface area contributed by atoms with Crippen LogP contribution in [0.2, 0.25) is 0 Å². The molecule has 0 saturated carbocycles. The number of nitrogens with one attached hydrogen (secondary N) is 1. The first-order valence-corrected chi connectivity index (χ1v) is 6.64. The molecule has 2 N–H and O–H groups in total. The van der Waals surface area contributed by atoms with Crippen molar-refractivity contribution >= 4 is 27.8 Å². The van der Waals surface area contributed by atoms with E-state index >= 15 is 0 Å². The van der Waals surface area contributed by atoms with Crippen molar-refractivity contribution in [3.8, 4) is 0 Å². The van der Waals surface area contributed by atoms with Gasteiger partial charge in [-0.05, 0) is 24.1 Å². The first-order chi connectivity index (χ1) is 8.86. The number of halogens is 2. The molecule has 1 rings (SSSR count). The van der Waals surface area contributed by atoms with Crippen molar-refractivity contribution in [1.82, 2.24) is 5.32 Å². The third kappa shape index (κ3) is 4.02. The van der Waals surface area contributed by atoms with Crippen molar-refractivity contribution in [3.05, 3.63) is 34.1 Å². The van der Waals surface area contributed by atoms with Gasteiger partial charge in [0.15, 0.2) is 0 Å². The van der Waals surface area contributed by atoms with E-state index < -0.39 is 23.7 Å². The number of carbonyl (C=O) groups is 2. The molecule has 0 heterocycles. The van der Waals surface area contributed by atoms with Crippen LogP contribution in [0.25, 0.3) is 0 Å². The normalized spacial score (nSPS) is 13.7. The number of benzene rings is 1. The van der Waals surface area contributed by atoms with E-state index in [0.717, 1.165) is 6.07 Å². The largest absolute Gasteiger partial charge is 0.480 e. The Bertz CT molecular complexity index is 493. The Labute approximate surface area is 119 Å². The maximum atomic E-state index is 13.6. The van der Waals surface area contributed by atoms with Crippen LogP contribution in [0.1, 0.15) is 30.6 Å². The lowest BCUT2D eigenvalue weighted by Crippen LogP contribution is -2.45. The zero-order valence-electron chi connectivity index (χ0n) is 10.6. The Morgan fingerprint density at radius 1 is 1.47 bits per heavy atom. The van der Waals surface area contributed by atoms with Gasteiger partial charge in [0.05, 0.1) is 5.56 Å². The minimum absolute atomic E-state index is 0.169. The molecule has 0 saturated heterocycles. The molecule has 19 heavy (non-hydrogen) atoms. The zero-order valence-corrected chi connectivity index (χ0v) is 12.2. The fourth-order valence-corrected chi connectivity index (χ4v) is 1.91. The smallest absolute Gasteiger partial charge is 0.326 e. The van der Waals surface area contributed by atoms with Crippen LogP contribution in [0, 0.1) is 11.7 Å². The van der Waals surface area contributed by atoms with Gasteiger partial charge in [0.1, 0.15) is 11.9 Å². The molecule has 0 fully saturated rings. The first kappa shape index (κ1) is 15.6. The van der Waals surface area contributed by atoms with Crippen LogP contribution in [0.3, 0.4) is 0 Å². The SMILES string of the molecule is CC[C@H](C)[C@H](NC(=O)c1ccc(Br)cc1F)C(=O)O. The summed E-state index contributed by atoms with van der Waals surface area (Å²) in [4.78, 5) is 23.0. The number of amides is 1. The van der Waals surface area contributed by atoms with Gasteiger partial charge in [0, 0.05) is 4.47 Å². The highest BCUT2D eigenvalue weighted by atomic mass is 79.9. The molecule has 2 atom stereocenters. The Hall–Kier alpha value is -1.43. The Kier molecular flexibility index (Phi) is 5.47. The number of rotatable bonds is 5. The van der Waals surface area contributed by atoms with Gasteiger partial charge in [-0.15, -0.1) is 0 Å². The summed E-state index contributed by atoms with van der Waals surface area (Å²) in [5.74, 6) is -2.78. The Morgan fingerprint density at radius 3 is 2.58 bits per heavy atom. The third-order valence-corrected chi connectivity index (χ3v) is 3.43. The van der Waals surface area contributed by atoms with Crippen LogP contribution in [-0.2, 0) is 4.79 Å². The van der Waals surface area contributed by atoms with Gasteiger partial charge in [0.25, 0.3) is 5.91 Å². The number of hydrogen-bond acceptors (Lipinski definition) is 2. The molecule has 104 valence electrons. The highest BCUT2D eigenvalue weighted by Gasteiger charge is 2.26. The highest BCUT2D eigenvalue weighted by Crippen LogP contribution is 2.16. The topological polar surface area (TPSA) is 66.4 Å². The lowest BCUT2D eigenvalue weighted by Gasteiger charge is -2.20. The molecular formula is C13H15BrFNO3. The summed E-state index contributed by atoms with van der Waals surface area (Å²) in [7, 11) is 0. The molecule has 0 aliphatic heterocycles. The predicted octanol–water partition coefficient (Wildman–Crippen LogP) is 2.82. The summed E-state index contributed by atoms with van der Waals surface area (Å²) in [5.41, 5.74) is -0.169. The van der Waals surface area contributed by atoms with E-state index in [1.165, 1.54) is 12.1 Å². The van der Waals surface area contributed by atoms with Crippen LogP contribution < -0.4 is 5.32 Å². The molecule has 6 heteroatoms. The summed E-state index contributed by atoms with van der Waals surface area (Å²) in [6.07, 6.45) is 0.597. The maximum Gasteiger partial charge on any atom is 0.326 e. The second kappa shape index (κ2) is 6.65. The molecule has 0 aliphatic carbocycles. The van der Waals surface area contributed by atoms with E-state index in [2.05, 4.69) is 21.2 Å². The Balaban J connectivity index is 2.91. The molecule has 1 amide bonds. The highest BCUT2D eigenvalue weighted by molar-refractivity contribution is 9.10. The van der Waals surface area contributed by atoms with E-state index in [0.29, 0.717) is 10.9 Å². The van der Waals surface area contributed by atoms with Gasteiger partial charge < -0.3 is 10.4 Å². The van der Waals surface area contributed by atoms with Crippen molar-refractivity contribution in [1.29, 1.82) is 0 Å². The molecule has 0 spiro atoms. The van der Waals surface area contributed by atoms with Crippen LogP contribution in [-0.4, -0.2) is 23.0 Å². The average Bonchev–Trinajstić information content (AvgIpc) is 2.34. The summed E-state index contributed by atoms with van der Waals surface area (Å²) in [6.45, 7) is 3.55. The maximum absolute atomic E-state index is 13.6. The van der Waals surface area contributed by atoms with Gasteiger partial charge in [-0.25, -0.2) is 9.18 Å². The first-order valence-electron chi connectivity index (χ1n) is 5.85. The van der Waals surface area contributed by atoms with Crippen molar-refractivity contribution < 1.29 is 19.1 Å². The van der Waals surface area contributed by atoms with Gasteiger partial charge >= 0.3 is 5.97 Å². The third-order valence-electron chi connectivity index (χ3n) is 2.94. The predicted molar refractivity (Wildman–Crippen MR) is 72.4 cm³/mol. The molecule has 0 aliphatic rings. The van der Waals surface area contributed by atoms with E-state index in [9.17, 15) is 14.0 Å². The van der Waals surface area contributed by atoms with Crippen molar-refractivity contribution in [2.24, 2.45) is 5.92 Å². The summed E-state index contributed by atoms with van der Waals surface area (Å²) in [6, 6.07) is 2.97. The quantitative estimate of drug-likeness (QED) is 0.871. The number of aliphatic carboxylic acids is 1. The molecule has 0 unspecified atom stereocenters. The van der Waals surface area contributed by atoms with E-state index in [4.69, 9.17) is 5.11 Å². The van der Waals surface area contributed by atoms with Crippen molar-refractivity contribution in [2.75, 3.05) is 0 Å². The number of carboxylic acid groups (broad SMARTS) is 1. The fourth-order valence-electron chi connectivity index (χ4n) is 1.58. The fraction of sp³-hybridized carbons (Fsp3) is 0.385. The minimum atomic E-state index is -1.12. The van der Waals surface area contributed by atoms with Gasteiger partial charge in [-0.2, -0.15) is 0 Å². The molecule has 4 nitrogen and oxygen atoms in total. The van der Waals surface area contributed by atoms with E-state index in [1.54, 1.807) is 6.92 Å². The number of carbonyl (C=O) groups excluding carboxylic acids is 1. The summed E-state index contributed by atoms with van der Waals surface area (Å²) >= 11 is 3.09. The summed E-state index contributed by atoms with van der Waals surface area (Å²) in [5, 5.41) is 11.4. The molecule has 1 aromatic rings. The number of hydrogen-bond donors (Lipinski definition) is 2. The second-order valence-electron chi connectivity index (χ2n) is 4.30. The van der Waals surface area contributed by atoms with Gasteiger partial charge in [0.2, 0.25) is 0 Å². The molecule has 0 bridgehead atoms. The molecular weight excluding hydrogens is 317 g/mol. The monoisotopic (exact) mass is 331 g/mol. The van der Waals surface area contributed by atoms with Gasteiger partial charge in [-0.1, -0.05) is 36.2 Å². The van der Waals surface area contributed by atoms with E-state index in [-0.39, 0.29) is 11.5 Å². The van der Waals surface area contributed by atoms with E-state index in [1.807, 2.05) is 6.92 Å². The zero-order chi connectivity index (χ0) is 14.6. The average molecular weight is 332 g/mol. The second-order valence-corrected chi connectivity index (χ2v) is 5.21. The minimum Gasteiger partial charge on any atom is -0.480 e. The standard InChI is InChI=1S/C13H15BrFNO3/c1-3-7(2)11(13(18)19)16-12(17)9-5-4-8(14)6-10(9)15/h4-7,11H,3H2,1-2H3,(H,16,17)(H,18,19)/t7-,11-/m0/s1. The summed E-state index contributed by atoms with van der Waals surface area (Å²) < 4.78 is 14.1. The number of carboxylic acids is 1. The van der Waals surface area contributed by atoms with Gasteiger partial charge in [-0.3, -0.25) is 4.79 Å². The van der Waals surface area contributed by atoms with Crippen LogP contribution >= 0.6 is 15.9 Å². The van der Waals surface area contributed by atoms with Crippen LogP contribution in [0.4, 0.5) is 4.39 Å².